The van der Waals surface area contributed by atoms with Crippen LogP contribution in [0.3, 0.4) is 0 Å². The molecule has 20 rings (SSSR count). The van der Waals surface area contributed by atoms with Gasteiger partial charge in [0.05, 0.1) is 84.2 Å². The third kappa shape index (κ3) is 16.6. The van der Waals surface area contributed by atoms with Crippen LogP contribution in [-0.2, 0) is 28.2 Å². The van der Waals surface area contributed by atoms with Crippen molar-refractivity contribution in [3.63, 3.8) is 0 Å². The number of nitrogens with two attached hydrogens (primary N) is 2. The number of nitrogens with one attached hydrogen (secondary N) is 4. The highest BCUT2D eigenvalue weighted by Gasteiger charge is 2.24. The topological polar surface area (TPSA) is 363 Å². The molecule has 0 radical (unpaired) electrons. The summed E-state index contributed by atoms with van der Waals surface area (Å²) in [6, 6.07) is 16.6. The first-order valence-electron chi connectivity index (χ1n) is 38.2. The Kier molecular flexibility index (Phi) is 21.1. The fourth-order valence-electron chi connectivity index (χ4n) is 14.5. The number of imidazole rings is 4. The number of hydrogen-bond acceptors (Lipinski definition) is 28. The average Bonchev–Trinajstić information content (AvgIpc) is 1.66. The van der Waals surface area contributed by atoms with Crippen LogP contribution in [0.25, 0.3) is 67.6 Å². The third-order valence-electron chi connectivity index (χ3n) is 20.8. The molecule has 0 amide bonds. The lowest BCUT2D eigenvalue weighted by Crippen LogP contribution is -2.44. The molecule has 586 valence electrons. The van der Waals surface area contributed by atoms with Crippen LogP contribution in [0.1, 0.15) is 19.3 Å². The monoisotopic (exact) mass is 1540 g/mol. The molecule has 4 aliphatic rings. The van der Waals surface area contributed by atoms with Crippen molar-refractivity contribution < 1.29 is 0 Å². The summed E-state index contributed by atoms with van der Waals surface area (Å²) in [7, 11) is 11.9. The van der Waals surface area contributed by atoms with Gasteiger partial charge in [-0.15, -0.1) is 0 Å². The molecule has 36 heteroatoms. The molecule has 20 heterocycles. The van der Waals surface area contributed by atoms with E-state index in [9.17, 15) is 0 Å². The Morgan fingerprint density at radius 3 is 0.939 bits per heavy atom. The van der Waals surface area contributed by atoms with Crippen LogP contribution < -0.4 is 52.3 Å². The van der Waals surface area contributed by atoms with Crippen molar-refractivity contribution >= 4 is 91.9 Å². The predicted octanol–water partition coefficient (Wildman–Crippen LogP) is 8.04. The molecular weight excluding hydrogens is 1450 g/mol. The summed E-state index contributed by atoms with van der Waals surface area (Å²) in [5.41, 5.74) is 26.7. The number of aromatic nitrogens is 24. The highest BCUT2D eigenvalue weighted by Crippen LogP contribution is 2.33. The molecule has 16 aromatic rings. The molecule has 16 aromatic heterocycles. The summed E-state index contributed by atoms with van der Waals surface area (Å²) in [4.78, 5) is 68.3. The van der Waals surface area contributed by atoms with Crippen molar-refractivity contribution in [2.24, 2.45) is 39.7 Å². The maximum Gasteiger partial charge on any atom is 0.180 e. The van der Waals surface area contributed by atoms with E-state index in [0.29, 0.717) is 29.3 Å². The second-order valence-corrected chi connectivity index (χ2v) is 29.1. The maximum atomic E-state index is 6.03. The number of pyridine rings is 4. The summed E-state index contributed by atoms with van der Waals surface area (Å²) in [5.74, 6) is 6.64. The van der Waals surface area contributed by atoms with Gasteiger partial charge in [0.2, 0.25) is 0 Å². The van der Waals surface area contributed by atoms with Gasteiger partial charge >= 0.3 is 0 Å². The molecule has 36 nitrogen and oxygen atoms in total. The number of piperidine rings is 1. The van der Waals surface area contributed by atoms with Crippen LogP contribution >= 0.6 is 0 Å². The van der Waals surface area contributed by atoms with Gasteiger partial charge in [-0.05, 0) is 63.7 Å². The standard InChI is InChI=1S/3C20H23N9.C19H21N9/c1-27-13-14(11-25-27)17-12-24-20-19(23-6-9-29(17)20)26-16-2-5-22-18(10-16)28-7-3-15(21)4-8-28;1-26-7-9-28(10-8-26)18-11-16(3-4-21-18)25-19-20-23-13-17(29(20)6-5-22-19)15-12-24-27(2)14-15;1-26-7-9-28(10-8-26)18-4-3-16(12-22-18)25-19-20-23-13-17(29(20)6-5-21-19)15-11-24-27(2)14-15;1-26-11-13(9-24-26)16-10-23-19-18(22-5-7-28(16)19)25-15-2-4-21-17(8-15)27-6-3-14(20)12-27/h2,5-6,9-13,15H,3-4,7-8,21H2,1H3,(H,22,23,26);3-6,11-14H,7-10H2,1-2H3,(H,21,22,25);3-6,11-14H,7-10H2,1-2H3,(H,21,25);2,4-5,7-11,14H,3,6,12,20H2,1H3,(H,21,22,25)/t;;;14-/m...1/s1. The van der Waals surface area contributed by atoms with Crippen molar-refractivity contribution in [1.29, 1.82) is 0 Å². The molecule has 4 saturated heterocycles. The number of anilines is 12. The molecule has 4 aliphatic heterocycles. The smallest absolute Gasteiger partial charge is 0.180 e. The number of hydrogen-bond donors (Lipinski definition) is 6. The fraction of sp³-hybridized carbons (Fsp3) is 0.291. The fourth-order valence-corrected chi connectivity index (χ4v) is 14.5. The quantitative estimate of drug-likeness (QED) is 0.0532. The highest BCUT2D eigenvalue weighted by atomic mass is 15.3. The van der Waals surface area contributed by atoms with Crippen LogP contribution in [0.15, 0.2) is 197 Å². The van der Waals surface area contributed by atoms with Gasteiger partial charge in [-0.25, -0.2) is 59.8 Å². The van der Waals surface area contributed by atoms with E-state index in [2.05, 4.69) is 157 Å². The first-order chi connectivity index (χ1) is 56.2. The number of likely N-dealkylation sites (N-methyl/N-ethyl adjacent to an activating group) is 2. The normalized spacial score (nSPS) is 15.6. The minimum absolute atomic E-state index is 0.213. The van der Waals surface area contributed by atoms with E-state index < -0.39 is 0 Å². The van der Waals surface area contributed by atoms with Crippen LogP contribution in [0, 0.1) is 0 Å². The van der Waals surface area contributed by atoms with E-state index in [1.807, 2.05) is 200 Å². The number of rotatable bonds is 16. The largest absolute Gasteiger partial charge is 0.356 e. The zero-order valence-corrected chi connectivity index (χ0v) is 64.8. The molecule has 0 bridgehead atoms. The Hall–Kier alpha value is -13.8. The van der Waals surface area contributed by atoms with E-state index in [1.165, 1.54) is 0 Å². The van der Waals surface area contributed by atoms with Gasteiger partial charge in [0.1, 0.15) is 23.3 Å². The van der Waals surface area contributed by atoms with Crippen molar-refractivity contribution in [3.05, 3.63) is 197 Å². The lowest BCUT2D eigenvalue weighted by molar-refractivity contribution is 0.312. The summed E-state index contributed by atoms with van der Waals surface area (Å²) >= 11 is 0. The molecule has 0 saturated carbocycles. The van der Waals surface area contributed by atoms with Gasteiger partial charge in [-0.1, -0.05) is 0 Å². The summed E-state index contributed by atoms with van der Waals surface area (Å²) in [5, 5.41) is 30.5. The molecule has 0 aliphatic carbocycles. The van der Waals surface area contributed by atoms with Gasteiger partial charge in [-0.2, -0.15) is 20.4 Å². The van der Waals surface area contributed by atoms with E-state index in [1.54, 1.807) is 49.7 Å². The molecule has 1 atom stereocenters. The lowest BCUT2D eigenvalue weighted by atomic mass is 10.1. The Balaban J connectivity index is 0.000000111. The Morgan fingerprint density at radius 1 is 0.296 bits per heavy atom. The summed E-state index contributed by atoms with van der Waals surface area (Å²) in [6.07, 6.45) is 47.6. The van der Waals surface area contributed by atoms with E-state index >= 15 is 0 Å². The average molecular weight is 1540 g/mol. The highest BCUT2D eigenvalue weighted by molar-refractivity contribution is 5.79. The van der Waals surface area contributed by atoms with Crippen LogP contribution in [0.4, 0.5) is 69.3 Å². The molecule has 8 N–H and O–H groups in total. The van der Waals surface area contributed by atoms with Gasteiger partial charge < -0.3 is 62.1 Å². The van der Waals surface area contributed by atoms with Gasteiger partial charge in [-0.3, -0.25) is 36.3 Å². The zero-order valence-electron chi connectivity index (χ0n) is 64.8. The van der Waals surface area contributed by atoms with Crippen molar-refractivity contribution in [1.82, 2.24) is 126 Å². The number of nitrogens with zero attached hydrogens (tertiary/aromatic N) is 30. The Labute approximate surface area is 661 Å². The van der Waals surface area contributed by atoms with Crippen LogP contribution in [0.2, 0.25) is 0 Å². The van der Waals surface area contributed by atoms with Gasteiger partial charge in [0.25, 0.3) is 0 Å². The minimum Gasteiger partial charge on any atom is -0.356 e. The Bertz CT molecular complexity index is 5790. The summed E-state index contributed by atoms with van der Waals surface area (Å²) < 4.78 is 15.2. The van der Waals surface area contributed by atoms with Crippen molar-refractivity contribution in [2.75, 3.05) is 133 Å². The lowest BCUT2D eigenvalue weighted by Gasteiger charge is -2.33. The molecule has 0 unspecified atom stereocenters. The second kappa shape index (κ2) is 32.8. The minimum atomic E-state index is 0.213. The van der Waals surface area contributed by atoms with Gasteiger partial charge in [0, 0.05) is 269 Å². The predicted molar refractivity (Wildman–Crippen MR) is 444 cm³/mol. The first kappa shape index (κ1) is 73.9. The maximum absolute atomic E-state index is 6.03. The first-order valence-corrected chi connectivity index (χ1v) is 38.2. The van der Waals surface area contributed by atoms with Crippen molar-refractivity contribution in [3.8, 4) is 45.0 Å². The third-order valence-corrected chi connectivity index (χ3v) is 20.8. The van der Waals surface area contributed by atoms with Crippen molar-refractivity contribution in [2.45, 2.75) is 31.3 Å². The SMILES string of the molecule is CN1CCN(c2cc(Nc3nccn4c(-c5cnn(C)c5)cnc34)ccn2)CC1.CN1CCN(c2ccc(Nc3nccn4c(-c5cnn(C)c5)cnc34)cn2)CC1.Cn1cc(-c2cnc3c(Nc4ccnc(N5CCC(N)CC5)c4)nccn23)cn1.Cn1cc(-c2cnc3c(Nc4ccnc(N5CC[C@@H](N)C5)c4)nccn23)cn1. The molecule has 0 spiro atoms. The molecular formula is C79H90N36. The number of fused-ring (bicyclic) bond motifs is 4. The van der Waals surface area contributed by atoms with E-state index in [-0.39, 0.29) is 6.04 Å². The van der Waals surface area contributed by atoms with Crippen LogP contribution in [-0.4, -0.2) is 231 Å². The van der Waals surface area contributed by atoms with E-state index in [4.69, 9.17) is 11.5 Å². The number of piperazine rings is 2. The molecule has 4 fully saturated rings. The van der Waals surface area contributed by atoms with Crippen LogP contribution in [0.5, 0.6) is 0 Å². The van der Waals surface area contributed by atoms with Gasteiger partial charge in [0.15, 0.2) is 45.9 Å². The molecule has 115 heavy (non-hydrogen) atoms. The number of aryl methyl sites for hydroxylation is 4. The summed E-state index contributed by atoms with van der Waals surface area (Å²) in [6.45, 7) is 11.8. The zero-order chi connectivity index (χ0) is 78.5. The molecule has 0 aromatic carbocycles. The Morgan fingerprint density at radius 2 is 0.617 bits per heavy atom. The second-order valence-electron chi connectivity index (χ2n) is 29.1. The van der Waals surface area contributed by atoms with E-state index in [0.717, 1.165) is 211 Å².